The van der Waals surface area contributed by atoms with Crippen molar-refractivity contribution in [2.75, 3.05) is 0 Å². The van der Waals surface area contributed by atoms with Crippen LogP contribution in [0.1, 0.15) is 46.5 Å². The van der Waals surface area contributed by atoms with Crippen molar-refractivity contribution in [1.29, 1.82) is 0 Å². The number of halogens is 1. The molecule has 0 bridgehead atoms. The predicted molar refractivity (Wildman–Crippen MR) is 57.1 cm³/mol. The quantitative estimate of drug-likeness (QED) is 0.448. The molecule has 0 nitrogen and oxygen atoms in total. The highest BCUT2D eigenvalue weighted by molar-refractivity contribution is 6.94. The lowest BCUT2D eigenvalue weighted by molar-refractivity contribution is 0.465. The smallest absolute Gasteiger partial charge is 0.128 e. The van der Waals surface area contributed by atoms with Crippen molar-refractivity contribution < 1.29 is 0 Å². The van der Waals surface area contributed by atoms with Gasteiger partial charge in [0, 0.05) is 0 Å². The number of rotatable bonds is 6. The van der Waals surface area contributed by atoms with Crippen molar-refractivity contribution in [3.8, 4) is 0 Å². The molecule has 2 heteroatoms. The molecular weight excluding hydrogens is 172 g/mol. The summed E-state index contributed by atoms with van der Waals surface area (Å²) in [6, 6.07) is 0. The maximum absolute atomic E-state index is 5.98. The fourth-order valence-corrected chi connectivity index (χ4v) is 3.75. The second kappa shape index (κ2) is 7.17. The SMILES string of the molecule is CCCCC(C)C(CC)[SiH2]Cl. The van der Waals surface area contributed by atoms with Crippen molar-refractivity contribution in [3.63, 3.8) is 0 Å². The van der Waals surface area contributed by atoms with E-state index in [9.17, 15) is 0 Å². The molecule has 11 heavy (non-hydrogen) atoms. The summed E-state index contributed by atoms with van der Waals surface area (Å²) < 4.78 is 0. The Balaban J connectivity index is 3.51. The lowest BCUT2D eigenvalue weighted by Gasteiger charge is -2.19. The summed E-state index contributed by atoms with van der Waals surface area (Å²) in [5.41, 5.74) is 0.878. The molecule has 0 aromatic rings. The maximum atomic E-state index is 5.98. The largest absolute Gasteiger partial charge is 0.176 e. The first kappa shape index (κ1) is 11.5. The van der Waals surface area contributed by atoms with Crippen molar-refractivity contribution in [1.82, 2.24) is 0 Å². The summed E-state index contributed by atoms with van der Waals surface area (Å²) in [5.74, 6) is 0.879. The Morgan fingerprint density at radius 1 is 1.36 bits per heavy atom. The minimum Gasteiger partial charge on any atom is -0.176 e. The van der Waals surface area contributed by atoms with Crippen molar-refractivity contribution >= 4 is 19.9 Å². The minimum atomic E-state index is -0.275. The molecule has 0 aliphatic rings. The molecule has 0 amide bonds. The van der Waals surface area contributed by atoms with Crippen LogP contribution in [-0.4, -0.2) is 8.83 Å². The van der Waals surface area contributed by atoms with E-state index < -0.39 is 0 Å². The van der Waals surface area contributed by atoms with Crippen LogP contribution in [0.5, 0.6) is 0 Å². The highest BCUT2D eigenvalue weighted by Gasteiger charge is 2.13. The Hall–Kier alpha value is 0.507. The van der Waals surface area contributed by atoms with Gasteiger partial charge in [0.2, 0.25) is 0 Å². The molecule has 0 N–H and O–H groups in total. The van der Waals surface area contributed by atoms with Crippen LogP contribution in [0.4, 0.5) is 0 Å². The third kappa shape index (κ3) is 4.86. The zero-order valence-electron chi connectivity index (χ0n) is 8.07. The molecule has 2 atom stereocenters. The monoisotopic (exact) mass is 192 g/mol. The molecule has 0 aliphatic heterocycles. The summed E-state index contributed by atoms with van der Waals surface area (Å²) in [4.78, 5) is 0. The van der Waals surface area contributed by atoms with Gasteiger partial charge >= 0.3 is 0 Å². The van der Waals surface area contributed by atoms with Crippen LogP contribution in [-0.2, 0) is 0 Å². The molecule has 0 aliphatic carbocycles. The van der Waals surface area contributed by atoms with E-state index in [0.717, 1.165) is 11.5 Å². The van der Waals surface area contributed by atoms with Crippen molar-refractivity contribution in [2.24, 2.45) is 5.92 Å². The Morgan fingerprint density at radius 2 is 2.00 bits per heavy atom. The maximum Gasteiger partial charge on any atom is 0.128 e. The van der Waals surface area contributed by atoms with Gasteiger partial charge in [-0.3, -0.25) is 0 Å². The molecule has 0 heterocycles. The number of hydrogen-bond acceptors (Lipinski definition) is 0. The Kier molecular flexibility index (Phi) is 7.50. The van der Waals surface area contributed by atoms with E-state index in [2.05, 4.69) is 20.8 Å². The zero-order chi connectivity index (χ0) is 8.69. The van der Waals surface area contributed by atoms with Crippen LogP contribution in [0.15, 0.2) is 0 Å². The van der Waals surface area contributed by atoms with E-state index in [1.54, 1.807) is 0 Å². The molecule has 2 unspecified atom stereocenters. The third-order valence-corrected chi connectivity index (χ3v) is 5.51. The van der Waals surface area contributed by atoms with Gasteiger partial charge in [-0.2, -0.15) is 11.1 Å². The topological polar surface area (TPSA) is 0 Å². The van der Waals surface area contributed by atoms with Crippen molar-refractivity contribution in [2.45, 2.75) is 52.0 Å². The summed E-state index contributed by atoms with van der Waals surface area (Å²) in [6.45, 7) is 6.88. The number of hydrogen-bond donors (Lipinski definition) is 0. The molecule has 0 rings (SSSR count). The van der Waals surface area contributed by atoms with Crippen LogP contribution in [0.3, 0.4) is 0 Å². The number of unbranched alkanes of at least 4 members (excludes halogenated alkanes) is 1. The summed E-state index contributed by atoms with van der Waals surface area (Å²) in [5, 5.41) is 0. The van der Waals surface area contributed by atoms with Gasteiger partial charge in [-0.05, 0) is 11.5 Å². The van der Waals surface area contributed by atoms with Gasteiger partial charge < -0.3 is 0 Å². The lowest BCUT2D eigenvalue weighted by atomic mass is 9.99. The zero-order valence-corrected chi connectivity index (χ0v) is 10.2. The first-order chi connectivity index (χ1) is 5.26. The van der Waals surface area contributed by atoms with E-state index in [1.165, 1.54) is 25.7 Å². The van der Waals surface area contributed by atoms with Crippen LogP contribution >= 0.6 is 11.1 Å². The lowest BCUT2D eigenvalue weighted by Crippen LogP contribution is -2.08. The summed E-state index contributed by atoms with van der Waals surface area (Å²) in [7, 11) is -0.275. The van der Waals surface area contributed by atoms with Crippen LogP contribution < -0.4 is 0 Å². The van der Waals surface area contributed by atoms with Crippen molar-refractivity contribution in [3.05, 3.63) is 0 Å². The van der Waals surface area contributed by atoms with Gasteiger partial charge in [-0.1, -0.05) is 46.5 Å². The normalized spacial score (nSPS) is 17.5. The van der Waals surface area contributed by atoms with Crippen LogP contribution in [0.2, 0.25) is 5.54 Å². The molecule has 0 radical (unpaired) electrons. The van der Waals surface area contributed by atoms with Gasteiger partial charge in [-0.25, -0.2) is 0 Å². The standard InChI is InChI=1S/C9H21ClSi/c1-4-6-7-8(3)9(5-2)11-10/h8-9H,4-7,11H2,1-3H3. The predicted octanol–water partition coefficient (Wildman–Crippen LogP) is 3.33. The molecule has 0 spiro atoms. The highest BCUT2D eigenvalue weighted by atomic mass is 35.6. The van der Waals surface area contributed by atoms with Crippen LogP contribution in [0, 0.1) is 5.92 Å². The van der Waals surface area contributed by atoms with E-state index in [0.29, 0.717) is 0 Å². The van der Waals surface area contributed by atoms with Gasteiger partial charge in [0.25, 0.3) is 0 Å². The minimum absolute atomic E-state index is 0.275. The second-order valence-electron chi connectivity index (χ2n) is 3.44. The average molecular weight is 193 g/mol. The summed E-state index contributed by atoms with van der Waals surface area (Å²) in [6.07, 6.45) is 5.38. The first-order valence-electron chi connectivity index (χ1n) is 4.82. The molecule has 68 valence electrons. The molecule has 0 aromatic heterocycles. The van der Waals surface area contributed by atoms with E-state index >= 15 is 0 Å². The van der Waals surface area contributed by atoms with Crippen LogP contribution in [0.25, 0.3) is 0 Å². The van der Waals surface area contributed by atoms with Gasteiger partial charge in [0.1, 0.15) is 8.83 Å². The van der Waals surface area contributed by atoms with Gasteiger partial charge in [-0.15, -0.1) is 0 Å². The van der Waals surface area contributed by atoms with Gasteiger partial charge in [0.15, 0.2) is 0 Å². The second-order valence-corrected chi connectivity index (χ2v) is 5.73. The van der Waals surface area contributed by atoms with E-state index in [1.807, 2.05) is 0 Å². The molecule has 0 saturated heterocycles. The molecule has 0 aromatic carbocycles. The Bertz CT molecular complexity index is 81.6. The molecule has 0 fully saturated rings. The molecule has 0 saturated carbocycles. The fourth-order valence-electron chi connectivity index (χ4n) is 1.43. The Labute approximate surface area is 78.2 Å². The average Bonchev–Trinajstić information content (AvgIpc) is 2.03. The van der Waals surface area contributed by atoms with E-state index in [-0.39, 0.29) is 8.83 Å². The molecular formula is C9H21ClSi. The van der Waals surface area contributed by atoms with Gasteiger partial charge in [0.05, 0.1) is 0 Å². The van der Waals surface area contributed by atoms with E-state index in [4.69, 9.17) is 11.1 Å². The Morgan fingerprint density at radius 3 is 2.36 bits per heavy atom. The summed E-state index contributed by atoms with van der Waals surface area (Å²) >= 11 is 5.98. The fraction of sp³-hybridized carbons (Fsp3) is 1.00. The highest BCUT2D eigenvalue weighted by Crippen LogP contribution is 2.26. The third-order valence-electron chi connectivity index (χ3n) is 2.54. The first-order valence-corrected chi connectivity index (χ1v) is 7.77.